The maximum atomic E-state index is 9.04. The van der Waals surface area contributed by atoms with E-state index in [9.17, 15) is 0 Å². The van der Waals surface area contributed by atoms with E-state index in [0.717, 1.165) is 5.56 Å². The Bertz CT molecular complexity index is 632. The van der Waals surface area contributed by atoms with Crippen molar-refractivity contribution in [2.24, 2.45) is 0 Å². The predicted molar refractivity (Wildman–Crippen MR) is 80.6 cm³/mol. The van der Waals surface area contributed by atoms with Gasteiger partial charge in [-0.3, -0.25) is 0 Å². The van der Waals surface area contributed by atoms with Gasteiger partial charge in [0, 0.05) is 0 Å². The van der Waals surface area contributed by atoms with Crippen molar-refractivity contribution >= 4 is 0 Å². The number of para-hydroxylation sites is 1. The standard InChI is InChI=1S/C18H19NO/c1-18(2,3)16-9-6-7-14(11-16)13-20-17-10-5-4-8-15(17)12-19/h4-11H,13H2,1-3H3. The topological polar surface area (TPSA) is 33.0 Å². The molecule has 0 radical (unpaired) electrons. The lowest BCUT2D eigenvalue weighted by atomic mass is 9.86. The Balaban J connectivity index is 2.14. The van der Waals surface area contributed by atoms with E-state index in [4.69, 9.17) is 10.00 Å². The minimum absolute atomic E-state index is 0.126. The van der Waals surface area contributed by atoms with Crippen LogP contribution in [0.3, 0.4) is 0 Å². The fourth-order valence-corrected chi connectivity index (χ4v) is 1.97. The summed E-state index contributed by atoms with van der Waals surface area (Å²) in [5.74, 6) is 0.635. The molecule has 0 aliphatic carbocycles. The van der Waals surface area contributed by atoms with Crippen LogP contribution in [0.25, 0.3) is 0 Å². The molecular formula is C18H19NO. The molecule has 2 nitrogen and oxygen atoms in total. The van der Waals surface area contributed by atoms with Crippen molar-refractivity contribution in [2.75, 3.05) is 0 Å². The highest BCUT2D eigenvalue weighted by Gasteiger charge is 2.13. The maximum Gasteiger partial charge on any atom is 0.137 e. The third-order valence-corrected chi connectivity index (χ3v) is 3.19. The Morgan fingerprint density at radius 1 is 1.05 bits per heavy atom. The largest absolute Gasteiger partial charge is 0.488 e. The molecule has 20 heavy (non-hydrogen) atoms. The Labute approximate surface area is 120 Å². The molecule has 0 aromatic heterocycles. The molecule has 0 fully saturated rings. The van der Waals surface area contributed by atoms with Crippen molar-refractivity contribution in [1.29, 1.82) is 5.26 Å². The van der Waals surface area contributed by atoms with Crippen LogP contribution in [0, 0.1) is 11.3 Å². The van der Waals surface area contributed by atoms with Gasteiger partial charge in [-0.1, -0.05) is 57.2 Å². The summed E-state index contributed by atoms with van der Waals surface area (Å²) in [6.07, 6.45) is 0. The van der Waals surface area contributed by atoms with Crippen LogP contribution in [-0.2, 0) is 12.0 Å². The Morgan fingerprint density at radius 2 is 1.80 bits per heavy atom. The molecule has 0 aliphatic rings. The zero-order chi connectivity index (χ0) is 14.6. The lowest BCUT2D eigenvalue weighted by Gasteiger charge is -2.19. The molecule has 0 heterocycles. The highest BCUT2D eigenvalue weighted by Crippen LogP contribution is 2.24. The number of ether oxygens (including phenoxy) is 1. The fraction of sp³-hybridized carbons (Fsp3) is 0.278. The van der Waals surface area contributed by atoms with Crippen molar-refractivity contribution in [3.05, 3.63) is 65.2 Å². The Morgan fingerprint density at radius 3 is 2.50 bits per heavy atom. The summed E-state index contributed by atoms with van der Waals surface area (Å²) in [7, 11) is 0. The average Bonchev–Trinajstić information content (AvgIpc) is 2.45. The smallest absolute Gasteiger partial charge is 0.137 e. The first kappa shape index (κ1) is 14.1. The van der Waals surface area contributed by atoms with Crippen LogP contribution in [0.2, 0.25) is 0 Å². The minimum atomic E-state index is 0.126. The molecule has 102 valence electrons. The SMILES string of the molecule is CC(C)(C)c1cccc(COc2ccccc2C#N)c1. The molecule has 0 atom stereocenters. The summed E-state index contributed by atoms with van der Waals surface area (Å²) in [6.45, 7) is 7.05. The zero-order valence-corrected chi connectivity index (χ0v) is 12.2. The van der Waals surface area contributed by atoms with E-state index in [1.807, 2.05) is 24.3 Å². The molecule has 0 N–H and O–H groups in total. The van der Waals surface area contributed by atoms with Gasteiger partial charge in [-0.25, -0.2) is 0 Å². The Hall–Kier alpha value is -2.27. The lowest BCUT2D eigenvalue weighted by molar-refractivity contribution is 0.305. The van der Waals surface area contributed by atoms with E-state index in [1.165, 1.54) is 5.56 Å². The predicted octanol–water partition coefficient (Wildman–Crippen LogP) is 4.43. The van der Waals surface area contributed by atoms with E-state index < -0.39 is 0 Å². The second kappa shape index (κ2) is 5.79. The molecule has 2 rings (SSSR count). The second-order valence-electron chi connectivity index (χ2n) is 5.85. The summed E-state index contributed by atoms with van der Waals surface area (Å²) in [5, 5.41) is 9.04. The van der Waals surface area contributed by atoms with Gasteiger partial charge in [0.05, 0.1) is 5.56 Å². The zero-order valence-electron chi connectivity index (χ0n) is 12.2. The minimum Gasteiger partial charge on any atom is -0.488 e. The molecule has 2 heteroatoms. The summed E-state index contributed by atoms with van der Waals surface area (Å²) < 4.78 is 5.76. The van der Waals surface area contributed by atoms with Gasteiger partial charge >= 0.3 is 0 Å². The van der Waals surface area contributed by atoms with Gasteiger partial charge in [-0.05, 0) is 28.7 Å². The van der Waals surface area contributed by atoms with Gasteiger partial charge in [0.2, 0.25) is 0 Å². The number of rotatable bonds is 3. The van der Waals surface area contributed by atoms with E-state index in [0.29, 0.717) is 17.9 Å². The first-order valence-corrected chi connectivity index (χ1v) is 6.72. The van der Waals surface area contributed by atoms with Crippen LogP contribution < -0.4 is 4.74 Å². The highest BCUT2D eigenvalue weighted by atomic mass is 16.5. The van der Waals surface area contributed by atoms with Gasteiger partial charge in [0.15, 0.2) is 0 Å². The molecule has 0 aliphatic heterocycles. The van der Waals surface area contributed by atoms with E-state index in [1.54, 1.807) is 6.07 Å². The highest BCUT2D eigenvalue weighted by molar-refractivity contribution is 5.42. The molecule has 0 unspecified atom stereocenters. The van der Waals surface area contributed by atoms with E-state index in [2.05, 4.69) is 45.0 Å². The third-order valence-electron chi connectivity index (χ3n) is 3.19. The van der Waals surface area contributed by atoms with Crippen molar-refractivity contribution in [3.8, 4) is 11.8 Å². The van der Waals surface area contributed by atoms with E-state index in [-0.39, 0.29) is 5.41 Å². The second-order valence-corrected chi connectivity index (χ2v) is 5.85. The van der Waals surface area contributed by atoms with Gasteiger partial charge in [0.1, 0.15) is 18.4 Å². The molecule has 2 aromatic rings. The third kappa shape index (κ3) is 3.39. The number of nitrogens with zero attached hydrogens (tertiary/aromatic N) is 1. The van der Waals surface area contributed by atoms with Crippen LogP contribution >= 0.6 is 0 Å². The fourth-order valence-electron chi connectivity index (χ4n) is 1.97. The molecular weight excluding hydrogens is 246 g/mol. The summed E-state index contributed by atoms with van der Waals surface area (Å²) in [4.78, 5) is 0. The monoisotopic (exact) mass is 265 g/mol. The molecule has 0 bridgehead atoms. The first-order valence-electron chi connectivity index (χ1n) is 6.72. The van der Waals surface area contributed by atoms with Gasteiger partial charge < -0.3 is 4.74 Å². The number of nitriles is 1. The molecule has 0 saturated heterocycles. The van der Waals surface area contributed by atoms with Crippen LogP contribution in [-0.4, -0.2) is 0 Å². The first-order chi connectivity index (χ1) is 9.50. The molecule has 0 spiro atoms. The number of hydrogen-bond donors (Lipinski definition) is 0. The lowest BCUT2D eigenvalue weighted by Crippen LogP contribution is -2.11. The van der Waals surface area contributed by atoms with Gasteiger partial charge in [-0.15, -0.1) is 0 Å². The van der Waals surface area contributed by atoms with Gasteiger partial charge in [-0.2, -0.15) is 5.26 Å². The number of benzene rings is 2. The van der Waals surface area contributed by atoms with E-state index >= 15 is 0 Å². The maximum absolute atomic E-state index is 9.04. The Kier molecular flexibility index (Phi) is 4.10. The summed E-state index contributed by atoms with van der Waals surface area (Å²) >= 11 is 0. The molecule has 0 saturated carbocycles. The van der Waals surface area contributed by atoms with Gasteiger partial charge in [0.25, 0.3) is 0 Å². The average molecular weight is 265 g/mol. The quantitative estimate of drug-likeness (QED) is 0.822. The normalized spacial score (nSPS) is 10.9. The van der Waals surface area contributed by atoms with Crippen molar-refractivity contribution < 1.29 is 4.74 Å². The van der Waals surface area contributed by atoms with Crippen LogP contribution in [0.15, 0.2) is 48.5 Å². The summed E-state index contributed by atoms with van der Waals surface area (Å²) in [5.41, 5.74) is 3.09. The van der Waals surface area contributed by atoms with Crippen LogP contribution in [0.4, 0.5) is 0 Å². The van der Waals surface area contributed by atoms with Crippen LogP contribution in [0.5, 0.6) is 5.75 Å². The molecule has 2 aromatic carbocycles. The van der Waals surface area contributed by atoms with Crippen molar-refractivity contribution in [2.45, 2.75) is 32.8 Å². The van der Waals surface area contributed by atoms with Crippen LogP contribution in [0.1, 0.15) is 37.5 Å². The molecule has 0 amide bonds. The van der Waals surface area contributed by atoms with Crippen molar-refractivity contribution in [1.82, 2.24) is 0 Å². The van der Waals surface area contributed by atoms with Crippen molar-refractivity contribution in [3.63, 3.8) is 0 Å². The number of hydrogen-bond acceptors (Lipinski definition) is 2. The summed E-state index contributed by atoms with van der Waals surface area (Å²) in [6, 6.07) is 17.8.